The first kappa shape index (κ1) is 11.3. The zero-order valence-corrected chi connectivity index (χ0v) is 9.60. The third-order valence-corrected chi connectivity index (χ3v) is 2.58. The molecule has 0 aromatic carbocycles. The van der Waals surface area contributed by atoms with Crippen LogP contribution in [0.25, 0.3) is 10.9 Å². The van der Waals surface area contributed by atoms with Crippen molar-refractivity contribution in [1.29, 1.82) is 0 Å². The molecule has 0 saturated carbocycles. The van der Waals surface area contributed by atoms with Crippen LogP contribution in [-0.4, -0.2) is 27.2 Å². The lowest BCUT2D eigenvalue weighted by Crippen LogP contribution is -2.04. The average Bonchev–Trinajstić information content (AvgIpc) is 2.53. The Morgan fingerprint density at radius 2 is 2.35 bits per heavy atom. The second-order valence-electron chi connectivity index (χ2n) is 3.57. The van der Waals surface area contributed by atoms with Crippen LogP contribution in [0.15, 0.2) is 12.3 Å². The molecule has 0 aliphatic rings. The van der Waals surface area contributed by atoms with Gasteiger partial charge in [-0.2, -0.15) is 0 Å². The molecule has 3 N–H and O–H groups in total. The number of nitrogen functional groups attached to an aromatic ring is 1. The van der Waals surface area contributed by atoms with Crippen molar-refractivity contribution in [1.82, 2.24) is 9.55 Å². The molecule has 2 aromatic rings. The van der Waals surface area contributed by atoms with Crippen molar-refractivity contribution in [3.05, 3.63) is 17.8 Å². The largest absolute Gasteiger partial charge is 0.494 e. The maximum Gasteiger partial charge on any atom is 0.344 e. The number of hydrogen-bond donors (Lipinski definition) is 2. The van der Waals surface area contributed by atoms with Gasteiger partial charge in [-0.3, -0.25) is 0 Å². The zero-order valence-electron chi connectivity index (χ0n) is 9.60. The van der Waals surface area contributed by atoms with Crippen LogP contribution in [0.4, 0.5) is 5.82 Å². The highest BCUT2D eigenvalue weighted by Crippen LogP contribution is 2.32. The number of anilines is 1. The van der Waals surface area contributed by atoms with E-state index in [2.05, 4.69) is 4.98 Å². The molecule has 90 valence electrons. The molecule has 2 heterocycles. The summed E-state index contributed by atoms with van der Waals surface area (Å²) in [4.78, 5) is 15.7. The van der Waals surface area contributed by atoms with Gasteiger partial charge in [-0.15, -0.1) is 0 Å². The summed E-state index contributed by atoms with van der Waals surface area (Å²) in [5.41, 5.74) is 6.36. The Hall–Kier alpha value is -2.24. The van der Waals surface area contributed by atoms with Gasteiger partial charge < -0.3 is 20.1 Å². The molecule has 0 amide bonds. The number of carbonyl (C=O) groups excluding carboxylic acids is 1. The highest BCUT2D eigenvalue weighted by molar-refractivity contribution is 6.09. The maximum absolute atomic E-state index is 11.7. The van der Waals surface area contributed by atoms with Gasteiger partial charge >= 0.3 is 5.97 Å². The number of rotatable bonds is 2. The molecule has 0 atom stereocenters. The first-order valence-electron chi connectivity index (χ1n) is 5.16. The summed E-state index contributed by atoms with van der Waals surface area (Å²) in [5.74, 6) is -0.477. The number of aromatic nitrogens is 2. The highest BCUT2D eigenvalue weighted by atomic mass is 16.5. The molecule has 0 fully saturated rings. The summed E-state index contributed by atoms with van der Waals surface area (Å²) in [6, 6.07) is 1.62. The van der Waals surface area contributed by atoms with Crippen LogP contribution in [-0.2, 0) is 11.8 Å². The molecule has 0 aliphatic carbocycles. The van der Waals surface area contributed by atoms with Crippen molar-refractivity contribution in [2.45, 2.75) is 6.92 Å². The van der Waals surface area contributed by atoms with Crippen molar-refractivity contribution in [3.63, 3.8) is 0 Å². The predicted molar refractivity (Wildman–Crippen MR) is 62.7 cm³/mol. The lowest BCUT2D eigenvalue weighted by molar-refractivity contribution is 0.0525. The quantitative estimate of drug-likeness (QED) is 0.759. The molecular formula is C11H13N3O3. The Morgan fingerprint density at radius 1 is 1.65 bits per heavy atom. The molecule has 0 saturated heterocycles. The lowest BCUT2D eigenvalue weighted by atomic mass is 10.2. The number of nitrogens with two attached hydrogens (primary N) is 1. The Morgan fingerprint density at radius 3 is 3.00 bits per heavy atom. The summed E-state index contributed by atoms with van der Waals surface area (Å²) in [7, 11) is 1.61. The monoisotopic (exact) mass is 235 g/mol. The molecule has 0 unspecified atom stereocenters. The van der Waals surface area contributed by atoms with Crippen LogP contribution in [0.5, 0.6) is 5.88 Å². The molecule has 0 radical (unpaired) electrons. The minimum atomic E-state index is -0.568. The van der Waals surface area contributed by atoms with Crippen LogP contribution in [0.1, 0.15) is 17.3 Å². The zero-order chi connectivity index (χ0) is 12.6. The lowest BCUT2D eigenvalue weighted by Gasteiger charge is -2.00. The molecule has 2 aromatic heterocycles. The minimum Gasteiger partial charge on any atom is -0.494 e. The highest BCUT2D eigenvalue weighted by Gasteiger charge is 2.23. The first-order valence-corrected chi connectivity index (χ1v) is 5.16. The number of aromatic hydroxyl groups is 1. The topological polar surface area (TPSA) is 90.4 Å². The van der Waals surface area contributed by atoms with E-state index in [-0.39, 0.29) is 23.9 Å². The van der Waals surface area contributed by atoms with Gasteiger partial charge in [0, 0.05) is 18.6 Å². The fourth-order valence-electron chi connectivity index (χ4n) is 1.82. The molecule has 17 heavy (non-hydrogen) atoms. The van der Waals surface area contributed by atoms with Gasteiger partial charge in [0.05, 0.1) is 12.1 Å². The number of hydrogen-bond acceptors (Lipinski definition) is 5. The van der Waals surface area contributed by atoms with E-state index in [1.165, 1.54) is 10.8 Å². The van der Waals surface area contributed by atoms with Crippen molar-refractivity contribution in [3.8, 4) is 5.88 Å². The number of fused-ring (bicyclic) bond motifs is 1. The summed E-state index contributed by atoms with van der Waals surface area (Å²) < 4.78 is 6.32. The standard InChI is InChI=1S/C11H13N3O3/c1-3-17-11(16)7-6-4-5-13-9(12)8(6)14(2)10(7)15/h4-5,15H,3H2,1-2H3,(H2,12,13). The molecule has 2 rings (SSSR count). The Balaban J connectivity index is 2.76. The van der Waals surface area contributed by atoms with E-state index in [1.807, 2.05) is 0 Å². The maximum atomic E-state index is 11.7. The second-order valence-corrected chi connectivity index (χ2v) is 3.57. The van der Waals surface area contributed by atoms with E-state index in [0.29, 0.717) is 10.9 Å². The third kappa shape index (κ3) is 1.57. The first-order chi connectivity index (χ1) is 8.07. The van der Waals surface area contributed by atoms with Crippen molar-refractivity contribution in [2.24, 2.45) is 7.05 Å². The number of ether oxygens (including phenoxy) is 1. The molecule has 6 nitrogen and oxygen atoms in total. The summed E-state index contributed by atoms with van der Waals surface area (Å²) >= 11 is 0. The van der Waals surface area contributed by atoms with Crippen LogP contribution in [0.3, 0.4) is 0 Å². The molecule has 0 aliphatic heterocycles. The van der Waals surface area contributed by atoms with Crippen molar-refractivity contribution >= 4 is 22.7 Å². The van der Waals surface area contributed by atoms with E-state index >= 15 is 0 Å². The summed E-state index contributed by atoms with van der Waals surface area (Å²) in [5, 5.41) is 10.5. The van der Waals surface area contributed by atoms with Gasteiger partial charge in [0.25, 0.3) is 0 Å². The number of esters is 1. The fraction of sp³-hybridized carbons (Fsp3) is 0.273. The van der Waals surface area contributed by atoms with Gasteiger partial charge in [0.2, 0.25) is 5.88 Å². The predicted octanol–water partition coefficient (Wildman–Crippen LogP) is 1.04. The van der Waals surface area contributed by atoms with E-state index in [0.717, 1.165) is 0 Å². The fourth-order valence-corrected chi connectivity index (χ4v) is 1.82. The second kappa shape index (κ2) is 3.97. The van der Waals surface area contributed by atoms with Crippen LogP contribution < -0.4 is 5.73 Å². The smallest absolute Gasteiger partial charge is 0.344 e. The SMILES string of the molecule is CCOC(=O)c1c(O)n(C)c2c(N)nccc12. The van der Waals surface area contributed by atoms with Gasteiger partial charge in [0.15, 0.2) is 0 Å². The summed E-state index contributed by atoms with van der Waals surface area (Å²) in [6.45, 7) is 1.95. The van der Waals surface area contributed by atoms with E-state index in [9.17, 15) is 9.90 Å². The average molecular weight is 235 g/mol. The minimum absolute atomic E-state index is 0.124. The summed E-state index contributed by atoms with van der Waals surface area (Å²) in [6.07, 6.45) is 1.49. The Kier molecular flexibility index (Phi) is 2.63. The normalized spacial score (nSPS) is 10.7. The molecule has 0 bridgehead atoms. The number of nitrogens with zero attached hydrogens (tertiary/aromatic N) is 2. The number of aryl methyl sites for hydroxylation is 1. The molecular weight excluding hydrogens is 222 g/mol. The van der Waals surface area contributed by atoms with E-state index < -0.39 is 5.97 Å². The van der Waals surface area contributed by atoms with Crippen molar-refractivity contribution < 1.29 is 14.6 Å². The van der Waals surface area contributed by atoms with E-state index in [1.54, 1.807) is 20.0 Å². The van der Waals surface area contributed by atoms with E-state index in [4.69, 9.17) is 10.5 Å². The Labute approximate surface area is 97.6 Å². The van der Waals surface area contributed by atoms with Crippen molar-refractivity contribution in [2.75, 3.05) is 12.3 Å². The van der Waals surface area contributed by atoms with Gasteiger partial charge in [-0.25, -0.2) is 9.78 Å². The van der Waals surface area contributed by atoms with Crippen LogP contribution in [0.2, 0.25) is 0 Å². The third-order valence-electron chi connectivity index (χ3n) is 2.58. The van der Waals surface area contributed by atoms with Crippen LogP contribution in [0, 0.1) is 0 Å². The van der Waals surface area contributed by atoms with Crippen LogP contribution >= 0.6 is 0 Å². The number of carbonyl (C=O) groups is 1. The van der Waals surface area contributed by atoms with Gasteiger partial charge in [-0.05, 0) is 13.0 Å². The molecule has 6 heteroatoms. The Bertz CT molecular complexity index is 589. The number of pyridine rings is 1. The molecule has 0 spiro atoms. The van der Waals surface area contributed by atoms with Gasteiger partial charge in [-0.1, -0.05) is 0 Å². The van der Waals surface area contributed by atoms with Gasteiger partial charge in [0.1, 0.15) is 11.4 Å².